The highest BCUT2D eigenvalue weighted by atomic mass is 32.2. The zero-order valence-electron chi connectivity index (χ0n) is 10.4. The Labute approximate surface area is 101 Å². The first-order chi connectivity index (χ1) is 7.59. The molecule has 0 bridgehead atoms. The van der Waals surface area contributed by atoms with Crippen molar-refractivity contribution in [2.75, 3.05) is 12.0 Å². The van der Waals surface area contributed by atoms with Gasteiger partial charge < -0.3 is 5.73 Å². The van der Waals surface area contributed by atoms with Gasteiger partial charge in [-0.1, -0.05) is 19.3 Å². The predicted molar refractivity (Wildman–Crippen MR) is 71.2 cm³/mol. The summed E-state index contributed by atoms with van der Waals surface area (Å²) in [5.74, 6) is 2.06. The fourth-order valence-electron chi connectivity index (χ4n) is 2.16. The highest BCUT2D eigenvalue weighted by molar-refractivity contribution is 7.84. The van der Waals surface area contributed by atoms with E-state index >= 15 is 0 Å². The highest BCUT2D eigenvalue weighted by Crippen LogP contribution is 2.23. The predicted octanol–water partition coefficient (Wildman–Crippen LogP) is 2.08. The van der Waals surface area contributed by atoms with Crippen LogP contribution in [0.2, 0.25) is 0 Å². The second kappa shape index (κ2) is 7.05. The number of hydrogen-bond acceptors (Lipinski definition) is 2. The zero-order chi connectivity index (χ0) is 12.0. The lowest BCUT2D eigenvalue weighted by atomic mass is 9.88. The smallest absolute Gasteiger partial charge is 0.0971 e. The van der Waals surface area contributed by atoms with E-state index in [1.807, 2.05) is 0 Å². The van der Waals surface area contributed by atoms with Crippen molar-refractivity contribution in [3.8, 4) is 0 Å². The van der Waals surface area contributed by atoms with Gasteiger partial charge >= 0.3 is 0 Å². The van der Waals surface area contributed by atoms with Crippen molar-refractivity contribution in [1.82, 2.24) is 0 Å². The summed E-state index contributed by atoms with van der Waals surface area (Å²) < 4.78 is 11.0. The molecule has 0 spiro atoms. The monoisotopic (exact) mass is 244 g/mol. The van der Waals surface area contributed by atoms with E-state index in [0.29, 0.717) is 5.92 Å². The van der Waals surface area contributed by atoms with Crippen molar-refractivity contribution in [2.24, 2.45) is 16.6 Å². The normalized spacial score (nSPS) is 23.0. The average molecular weight is 244 g/mol. The summed E-state index contributed by atoms with van der Waals surface area (Å²) in [6.45, 7) is 2.06. The Morgan fingerprint density at radius 2 is 2.06 bits per heavy atom. The van der Waals surface area contributed by atoms with E-state index in [4.69, 9.17) is 5.73 Å². The fourth-order valence-corrected chi connectivity index (χ4v) is 2.83. The van der Waals surface area contributed by atoms with Crippen LogP contribution in [0.1, 0.15) is 45.4 Å². The topological polar surface area (TPSA) is 55.5 Å². The SMILES string of the molecule is CC(CCS(C)=O)N=C(N)C1CCCCC1. The molecule has 2 N–H and O–H groups in total. The highest BCUT2D eigenvalue weighted by Gasteiger charge is 2.17. The first-order valence-electron chi connectivity index (χ1n) is 6.22. The van der Waals surface area contributed by atoms with Crippen molar-refractivity contribution in [2.45, 2.75) is 51.5 Å². The van der Waals surface area contributed by atoms with Crippen molar-refractivity contribution < 1.29 is 4.21 Å². The molecule has 2 unspecified atom stereocenters. The van der Waals surface area contributed by atoms with E-state index < -0.39 is 10.8 Å². The maximum Gasteiger partial charge on any atom is 0.0971 e. The van der Waals surface area contributed by atoms with Crippen molar-refractivity contribution >= 4 is 16.6 Å². The van der Waals surface area contributed by atoms with Crippen molar-refractivity contribution in [3.05, 3.63) is 0 Å². The molecule has 1 fully saturated rings. The summed E-state index contributed by atoms with van der Waals surface area (Å²) in [6, 6.07) is 0.214. The number of nitrogens with zero attached hydrogens (tertiary/aromatic N) is 1. The Morgan fingerprint density at radius 3 is 2.62 bits per heavy atom. The Kier molecular flexibility index (Phi) is 6.03. The Balaban J connectivity index is 2.37. The number of aliphatic imine (C=N–C) groups is 1. The van der Waals surface area contributed by atoms with Crippen LogP contribution in [0.25, 0.3) is 0 Å². The summed E-state index contributed by atoms with van der Waals surface area (Å²) in [7, 11) is -0.716. The molecule has 4 heteroatoms. The van der Waals surface area contributed by atoms with Gasteiger partial charge in [-0.3, -0.25) is 9.20 Å². The molecule has 0 saturated heterocycles. The second-order valence-electron chi connectivity index (χ2n) is 4.80. The van der Waals surface area contributed by atoms with Gasteiger partial charge in [0.1, 0.15) is 0 Å². The molecule has 0 heterocycles. The molecule has 1 aliphatic carbocycles. The molecule has 0 aliphatic heterocycles. The molecular weight excluding hydrogens is 220 g/mol. The van der Waals surface area contributed by atoms with Gasteiger partial charge in [-0.25, -0.2) is 0 Å². The zero-order valence-corrected chi connectivity index (χ0v) is 11.3. The largest absolute Gasteiger partial charge is 0.387 e. The maximum atomic E-state index is 11.0. The third-order valence-corrected chi connectivity index (χ3v) is 4.03. The van der Waals surface area contributed by atoms with Crippen LogP contribution in [0, 0.1) is 5.92 Å². The lowest BCUT2D eigenvalue weighted by molar-refractivity contribution is 0.435. The van der Waals surface area contributed by atoms with Gasteiger partial charge in [0, 0.05) is 34.8 Å². The Bertz CT molecular complexity index is 260. The van der Waals surface area contributed by atoms with Crippen LogP contribution < -0.4 is 5.73 Å². The number of rotatable bonds is 5. The Morgan fingerprint density at radius 1 is 1.44 bits per heavy atom. The average Bonchev–Trinajstić information content (AvgIpc) is 2.27. The van der Waals surface area contributed by atoms with Gasteiger partial charge in [0.05, 0.1) is 5.84 Å². The van der Waals surface area contributed by atoms with E-state index in [9.17, 15) is 4.21 Å². The number of amidine groups is 1. The summed E-state index contributed by atoms with van der Waals surface area (Å²) in [6.07, 6.45) is 8.91. The van der Waals surface area contributed by atoms with E-state index in [2.05, 4.69) is 11.9 Å². The lowest BCUT2D eigenvalue weighted by Gasteiger charge is -2.21. The third-order valence-electron chi connectivity index (χ3n) is 3.22. The summed E-state index contributed by atoms with van der Waals surface area (Å²) >= 11 is 0. The summed E-state index contributed by atoms with van der Waals surface area (Å²) in [4.78, 5) is 4.53. The van der Waals surface area contributed by atoms with Crippen LogP contribution in [-0.2, 0) is 10.8 Å². The van der Waals surface area contributed by atoms with Gasteiger partial charge in [-0.2, -0.15) is 0 Å². The van der Waals surface area contributed by atoms with E-state index in [1.54, 1.807) is 6.26 Å². The fraction of sp³-hybridized carbons (Fsp3) is 0.917. The Hall–Kier alpha value is -0.380. The van der Waals surface area contributed by atoms with E-state index in [1.165, 1.54) is 32.1 Å². The maximum absolute atomic E-state index is 11.0. The van der Waals surface area contributed by atoms with Crippen molar-refractivity contribution in [1.29, 1.82) is 0 Å². The number of nitrogens with two attached hydrogens (primary N) is 1. The minimum absolute atomic E-state index is 0.214. The van der Waals surface area contributed by atoms with Gasteiger partial charge in [-0.15, -0.1) is 0 Å². The molecule has 0 aromatic heterocycles. The van der Waals surface area contributed by atoms with Gasteiger partial charge in [0.25, 0.3) is 0 Å². The quantitative estimate of drug-likeness (QED) is 0.594. The van der Waals surface area contributed by atoms with Gasteiger partial charge in [-0.05, 0) is 26.2 Å². The third kappa shape index (κ3) is 5.10. The minimum Gasteiger partial charge on any atom is -0.387 e. The molecule has 2 atom stereocenters. The molecular formula is C12H24N2OS. The standard InChI is InChI=1S/C12H24N2OS/c1-10(8-9-16(2)15)14-12(13)11-6-4-3-5-7-11/h10-11H,3-9H2,1-2H3,(H2,13,14). The van der Waals surface area contributed by atoms with Crippen LogP contribution >= 0.6 is 0 Å². The molecule has 0 radical (unpaired) electrons. The van der Waals surface area contributed by atoms with Crippen LogP contribution in [0.5, 0.6) is 0 Å². The second-order valence-corrected chi connectivity index (χ2v) is 6.36. The molecule has 1 saturated carbocycles. The lowest BCUT2D eigenvalue weighted by Crippen LogP contribution is -2.27. The van der Waals surface area contributed by atoms with Crippen LogP contribution in [0.4, 0.5) is 0 Å². The molecule has 1 rings (SSSR count). The van der Waals surface area contributed by atoms with E-state index in [-0.39, 0.29) is 6.04 Å². The molecule has 1 aliphatic rings. The van der Waals surface area contributed by atoms with Crippen molar-refractivity contribution in [3.63, 3.8) is 0 Å². The molecule has 3 nitrogen and oxygen atoms in total. The van der Waals surface area contributed by atoms with Gasteiger partial charge in [0.15, 0.2) is 0 Å². The summed E-state index contributed by atoms with van der Waals surface area (Å²) in [5.41, 5.74) is 6.03. The molecule has 94 valence electrons. The van der Waals surface area contributed by atoms with Crippen LogP contribution in [0.15, 0.2) is 4.99 Å². The van der Waals surface area contributed by atoms with E-state index in [0.717, 1.165) is 18.0 Å². The molecule has 0 aromatic carbocycles. The van der Waals surface area contributed by atoms with Gasteiger partial charge in [0.2, 0.25) is 0 Å². The first kappa shape index (κ1) is 13.7. The van der Waals surface area contributed by atoms with Crippen LogP contribution in [-0.4, -0.2) is 28.1 Å². The molecule has 0 aromatic rings. The molecule has 0 amide bonds. The summed E-state index contributed by atoms with van der Waals surface area (Å²) in [5, 5.41) is 0. The number of hydrogen-bond donors (Lipinski definition) is 1. The minimum atomic E-state index is -0.716. The van der Waals surface area contributed by atoms with Crippen LogP contribution in [0.3, 0.4) is 0 Å². The first-order valence-corrected chi connectivity index (χ1v) is 7.95. The molecule has 16 heavy (non-hydrogen) atoms.